The van der Waals surface area contributed by atoms with E-state index in [1.807, 2.05) is 0 Å². The number of nitrogens with zero attached hydrogens (tertiary/aromatic N) is 2. The Balaban J connectivity index is 2.16. The monoisotopic (exact) mass is 350 g/mol. The summed E-state index contributed by atoms with van der Waals surface area (Å²) < 4.78 is 10.1. The summed E-state index contributed by atoms with van der Waals surface area (Å²) in [5, 5.41) is 11.3. The predicted octanol–water partition coefficient (Wildman–Crippen LogP) is 2.55. The third-order valence-electron chi connectivity index (χ3n) is 4.15. The summed E-state index contributed by atoms with van der Waals surface area (Å²) in [5.74, 6) is -0.912. The topological polar surface area (TPSA) is 99.0 Å². The molecule has 0 N–H and O–H groups in total. The second-order valence-corrected chi connectivity index (χ2v) is 5.93. The van der Waals surface area contributed by atoms with Crippen molar-refractivity contribution >= 4 is 17.6 Å². The van der Waals surface area contributed by atoms with Crippen LogP contribution in [-0.2, 0) is 9.53 Å². The van der Waals surface area contributed by atoms with Crippen LogP contribution in [0.5, 0.6) is 5.75 Å². The number of hydrogen-bond donors (Lipinski definition) is 0. The summed E-state index contributed by atoms with van der Waals surface area (Å²) >= 11 is 0. The van der Waals surface area contributed by atoms with Gasteiger partial charge in [0, 0.05) is 19.2 Å². The van der Waals surface area contributed by atoms with Gasteiger partial charge in [-0.25, -0.2) is 4.79 Å². The molecule has 0 unspecified atom stereocenters. The maximum atomic E-state index is 12.5. The van der Waals surface area contributed by atoms with Gasteiger partial charge in [0.15, 0.2) is 11.9 Å². The first-order chi connectivity index (χ1) is 11.9. The molecule has 1 aromatic rings. The van der Waals surface area contributed by atoms with E-state index in [-0.39, 0.29) is 22.9 Å². The molecule has 1 aromatic carbocycles. The number of nitro benzene ring substituents is 1. The van der Waals surface area contributed by atoms with E-state index >= 15 is 0 Å². The number of hydrogen-bond acceptors (Lipinski definition) is 6. The fourth-order valence-electron chi connectivity index (χ4n) is 2.79. The molecule has 1 amide bonds. The first kappa shape index (κ1) is 18.7. The van der Waals surface area contributed by atoms with Gasteiger partial charge in [-0.05, 0) is 31.9 Å². The molecule has 1 aliphatic heterocycles. The van der Waals surface area contributed by atoms with Crippen molar-refractivity contribution in [1.29, 1.82) is 0 Å². The van der Waals surface area contributed by atoms with E-state index in [1.54, 1.807) is 11.8 Å². The Morgan fingerprint density at radius 3 is 2.40 bits per heavy atom. The lowest BCUT2D eigenvalue weighted by molar-refractivity contribution is -0.386. The van der Waals surface area contributed by atoms with Crippen molar-refractivity contribution in [3.05, 3.63) is 33.9 Å². The minimum absolute atomic E-state index is 0.0478. The largest absolute Gasteiger partial charge is 0.474 e. The van der Waals surface area contributed by atoms with Gasteiger partial charge < -0.3 is 14.4 Å². The summed E-state index contributed by atoms with van der Waals surface area (Å²) in [6.45, 7) is 2.93. The minimum Gasteiger partial charge on any atom is -0.474 e. The van der Waals surface area contributed by atoms with Gasteiger partial charge in [0.2, 0.25) is 0 Å². The molecule has 1 aliphatic rings. The predicted molar refractivity (Wildman–Crippen MR) is 89.6 cm³/mol. The maximum absolute atomic E-state index is 12.5. The van der Waals surface area contributed by atoms with Crippen LogP contribution in [0, 0.1) is 10.1 Å². The van der Waals surface area contributed by atoms with E-state index in [0.717, 1.165) is 31.7 Å². The lowest BCUT2D eigenvalue weighted by atomic mass is 10.2. The van der Waals surface area contributed by atoms with Crippen LogP contribution < -0.4 is 4.74 Å². The van der Waals surface area contributed by atoms with Gasteiger partial charge >= 0.3 is 11.7 Å². The van der Waals surface area contributed by atoms with Gasteiger partial charge in [-0.2, -0.15) is 0 Å². The molecule has 1 fully saturated rings. The van der Waals surface area contributed by atoms with Crippen molar-refractivity contribution in [2.24, 2.45) is 0 Å². The first-order valence-electron chi connectivity index (χ1n) is 8.26. The smallest absolute Gasteiger partial charge is 0.338 e. The van der Waals surface area contributed by atoms with E-state index in [0.29, 0.717) is 13.1 Å². The first-order valence-corrected chi connectivity index (χ1v) is 8.26. The van der Waals surface area contributed by atoms with Crippen molar-refractivity contribution in [2.75, 3.05) is 20.2 Å². The Morgan fingerprint density at radius 1 is 1.20 bits per heavy atom. The van der Waals surface area contributed by atoms with Crippen molar-refractivity contribution in [3.63, 3.8) is 0 Å². The average Bonchev–Trinajstić information content (AvgIpc) is 2.89. The highest BCUT2D eigenvalue weighted by atomic mass is 16.6. The van der Waals surface area contributed by atoms with Crippen LogP contribution in [0.15, 0.2) is 18.2 Å². The number of ether oxygens (including phenoxy) is 2. The number of benzene rings is 1. The van der Waals surface area contributed by atoms with Gasteiger partial charge in [-0.3, -0.25) is 14.9 Å². The van der Waals surface area contributed by atoms with Crippen molar-refractivity contribution in [1.82, 2.24) is 4.90 Å². The summed E-state index contributed by atoms with van der Waals surface area (Å²) in [6, 6.07) is 3.78. The zero-order valence-electron chi connectivity index (χ0n) is 14.4. The number of carbonyl (C=O) groups is 2. The van der Waals surface area contributed by atoms with Crippen LogP contribution in [0.1, 0.15) is 43.0 Å². The van der Waals surface area contributed by atoms with Crippen molar-refractivity contribution < 1.29 is 24.0 Å². The van der Waals surface area contributed by atoms with Gasteiger partial charge in [0.1, 0.15) is 0 Å². The molecule has 0 saturated carbocycles. The Morgan fingerprint density at radius 2 is 1.84 bits per heavy atom. The zero-order valence-corrected chi connectivity index (χ0v) is 14.4. The zero-order chi connectivity index (χ0) is 18.4. The standard InChI is InChI=1S/C17H22N2O6/c1-12(16(20)18-9-5-3-4-6-10-18)25-15-8-7-13(17(21)24-2)11-14(15)19(22)23/h7-8,11-12H,3-6,9-10H2,1-2H3/t12-/m1/s1. The third kappa shape index (κ3) is 4.68. The van der Waals surface area contributed by atoms with E-state index in [9.17, 15) is 19.7 Å². The molecule has 1 saturated heterocycles. The van der Waals surface area contributed by atoms with E-state index in [4.69, 9.17) is 4.74 Å². The molecule has 1 atom stereocenters. The van der Waals surface area contributed by atoms with Gasteiger partial charge in [0.05, 0.1) is 17.6 Å². The Hall–Kier alpha value is -2.64. The number of esters is 1. The Bertz CT molecular complexity index is 653. The quantitative estimate of drug-likeness (QED) is 0.460. The Kier molecular flexibility index (Phi) is 6.32. The molecule has 25 heavy (non-hydrogen) atoms. The molecular formula is C17H22N2O6. The Labute approximate surface area is 145 Å². The molecule has 0 aliphatic carbocycles. The molecule has 1 heterocycles. The number of nitro groups is 1. The van der Waals surface area contributed by atoms with Crippen LogP contribution in [0.4, 0.5) is 5.69 Å². The van der Waals surface area contributed by atoms with Gasteiger partial charge in [0.25, 0.3) is 5.91 Å². The fourth-order valence-corrected chi connectivity index (χ4v) is 2.79. The van der Waals surface area contributed by atoms with Crippen LogP contribution in [0.3, 0.4) is 0 Å². The average molecular weight is 350 g/mol. The SMILES string of the molecule is COC(=O)c1ccc(O[C@H](C)C(=O)N2CCCCCC2)c([N+](=O)[O-])c1. The van der Waals surface area contributed by atoms with Crippen LogP contribution in [0.25, 0.3) is 0 Å². The summed E-state index contributed by atoms with van der Waals surface area (Å²) in [4.78, 5) is 36.4. The molecule has 0 bridgehead atoms. The van der Waals surface area contributed by atoms with Crippen LogP contribution >= 0.6 is 0 Å². The maximum Gasteiger partial charge on any atom is 0.338 e. The molecule has 0 radical (unpaired) electrons. The van der Waals surface area contributed by atoms with Crippen molar-refractivity contribution in [2.45, 2.75) is 38.7 Å². The molecule has 8 nitrogen and oxygen atoms in total. The fraction of sp³-hybridized carbons (Fsp3) is 0.529. The van der Waals surface area contributed by atoms with Crippen molar-refractivity contribution in [3.8, 4) is 5.75 Å². The second kappa shape index (κ2) is 8.46. The number of methoxy groups -OCH3 is 1. The van der Waals surface area contributed by atoms with E-state index < -0.39 is 17.0 Å². The summed E-state index contributed by atoms with van der Waals surface area (Å²) in [7, 11) is 1.19. The highest BCUT2D eigenvalue weighted by Gasteiger charge is 2.26. The highest BCUT2D eigenvalue weighted by Crippen LogP contribution is 2.29. The lowest BCUT2D eigenvalue weighted by Gasteiger charge is -2.24. The number of amides is 1. The third-order valence-corrected chi connectivity index (χ3v) is 4.15. The van der Waals surface area contributed by atoms with E-state index in [1.165, 1.54) is 19.2 Å². The molecule has 0 spiro atoms. The molecule has 2 rings (SSSR count). The second-order valence-electron chi connectivity index (χ2n) is 5.93. The normalized spacial score (nSPS) is 15.8. The molecule has 8 heteroatoms. The lowest BCUT2D eigenvalue weighted by Crippen LogP contribution is -2.41. The molecule has 0 aromatic heterocycles. The summed E-state index contributed by atoms with van der Waals surface area (Å²) in [5.41, 5.74) is -0.327. The number of rotatable bonds is 5. The van der Waals surface area contributed by atoms with Gasteiger partial charge in [-0.15, -0.1) is 0 Å². The molecule has 136 valence electrons. The van der Waals surface area contributed by atoms with Crippen LogP contribution in [0.2, 0.25) is 0 Å². The summed E-state index contributed by atoms with van der Waals surface area (Å²) in [6.07, 6.45) is 3.25. The minimum atomic E-state index is -0.847. The molecular weight excluding hydrogens is 328 g/mol. The van der Waals surface area contributed by atoms with Gasteiger partial charge in [-0.1, -0.05) is 12.8 Å². The van der Waals surface area contributed by atoms with E-state index in [2.05, 4.69) is 4.74 Å². The highest BCUT2D eigenvalue weighted by molar-refractivity contribution is 5.90. The number of carbonyl (C=O) groups excluding carboxylic acids is 2. The number of likely N-dealkylation sites (tertiary alicyclic amines) is 1. The van der Waals surface area contributed by atoms with Crippen LogP contribution in [-0.4, -0.2) is 48.0 Å².